The Bertz CT molecular complexity index is 2120. The standard InChI is InChI=1S/C40H43N9O5/c1-26-33-20-36(42-23-34(33)32-12-11-30(19-35(32)54-26)48-14-6-10-39(48)52)44-29-18-31(22-41-21-29)49-16-15-47(40(49)53)25-27-7-4-8-28(17-27)45-38(51)24-43-37(50)9-5-13-46(2)3/h4-5,7-9,11-12,17-23,26H,6,10,13-16,24-25H2,1-3H3,(H,42,44)(H,43,50)(H,45,51)/b9-5+/t26-/m0/s1. The van der Waals surface area contributed by atoms with Gasteiger partial charge in [-0.25, -0.2) is 9.78 Å². The van der Waals surface area contributed by atoms with Gasteiger partial charge in [-0.2, -0.15) is 0 Å². The van der Waals surface area contributed by atoms with Crippen molar-refractivity contribution in [3.63, 3.8) is 0 Å². The van der Waals surface area contributed by atoms with Gasteiger partial charge in [0, 0.05) is 85.5 Å². The molecule has 0 bridgehead atoms. The molecule has 2 aromatic carbocycles. The number of likely N-dealkylation sites (N-methyl/N-ethyl adjacent to an activating group) is 1. The van der Waals surface area contributed by atoms with Crippen LogP contribution in [0.4, 0.5) is 33.4 Å². The lowest BCUT2D eigenvalue weighted by molar-refractivity contribution is -0.121. The number of nitrogens with zero attached hydrogens (tertiary/aromatic N) is 6. The first-order valence-corrected chi connectivity index (χ1v) is 18.0. The number of hydrogen-bond donors (Lipinski definition) is 3. The lowest BCUT2D eigenvalue weighted by Crippen LogP contribution is -2.32. The fourth-order valence-electron chi connectivity index (χ4n) is 6.81. The van der Waals surface area contributed by atoms with Crippen molar-refractivity contribution in [1.29, 1.82) is 0 Å². The van der Waals surface area contributed by atoms with Crippen molar-refractivity contribution in [1.82, 2.24) is 25.1 Å². The fraction of sp³-hybridized carbons (Fsp3) is 0.300. The minimum Gasteiger partial charge on any atom is -0.485 e. The Kier molecular flexibility index (Phi) is 10.5. The Morgan fingerprint density at radius 1 is 0.944 bits per heavy atom. The number of anilines is 5. The lowest BCUT2D eigenvalue weighted by atomic mass is 9.94. The maximum absolute atomic E-state index is 13.6. The first-order valence-electron chi connectivity index (χ1n) is 18.0. The number of benzene rings is 2. The number of aromatic nitrogens is 2. The van der Waals surface area contributed by atoms with Crippen molar-refractivity contribution >= 4 is 52.3 Å². The van der Waals surface area contributed by atoms with Crippen LogP contribution in [0.1, 0.15) is 37.0 Å². The average molecular weight is 730 g/mol. The van der Waals surface area contributed by atoms with Crippen LogP contribution >= 0.6 is 0 Å². The molecule has 3 N–H and O–H groups in total. The number of amides is 5. The normalized spacial score (nSPS) is 16.4. The van der Waals surface area contributed by atoms with Gasteiger partial charge in [-0.15, -0.1) is 0 Å². The van der Waals surface area contributed by atoms with E-state index in [1.807, 2.05) is 85.5 Å². The van der Waals surface area contributed by atoms with Crippen LogP contribution in [0, 0.1) is 0 Å². The summed E-state index contributed by atoms with van der Waals surface area (Å²) in [5.74, 6) is 0.796. The van der Waals surface area contributed by atoms with E-state index in [9.17, 15) is 19.2 Å². The molecule has 0 saturated carbocycles. The lowest BCUT2D eigenvalue weighted by Gasteiger charge is -2.28. The minimum absolute atomic E-state index is 0.136. The van der Waals surface area contributed by atoms with E-state index in [2.05, 4.69) is 20.9 Å². The number of hydrogen-bond acceptors (Lipinski definition) is 9. The zero-order valence-electron chi connectivity index (χ0n) is 30.5. The molecule has 2 saturated heterocycles. The van der Waals surface area contributed by atoms with Crippen LogP contribution in [-0.2, 0) is 20.9 Å². The Morgan fingerprint density at radius 3 is 2.63 bits per heavy atom. The topological polar surface area (TPSA) is 152 Å². The Balaban J connectivity index is 0.959. The van der Waals surface area contributed by atoms with Crippen LogP contribution < -0.4 is 30.5 Å². The SMILES string of the molecule is C[C@@H]1Oc2cc(N3CCCC3=O)ccc2-c2cnc(Nc3cncc(N4CCN(Cc5cccc(NC(=O)CNC(=O)/C=C/CN(C)C)c5)C4=O)c3)cc21. The largest absolute Gasteiger partial charge is 0.485 e. The maximum atomic E-state index is 13.6. The number of nitrogens with one attached hydrogen (secondary N) is 3. The molecule has 1 atom stereocenters. The summed E-state index contributed by atoms with van der Waals surface area (Å²) in [7, 11) is 3.80. The van der Waals surface area contributed by atoms with E-state index in [4.69, 9.17) is 9.72 Å². The van der Waals surface area contributed by atoms with Gasteiger partial charge in [-0.05, 0) is 69.4 Å². The van der Waals surface area contributed by atoms with Gasteiger partial charge in [0.05, 0.1) is 30.3 Å². The summed E-state index contributed by atoms with van der Waals surface area (Å²) < 4.78 is 6.32. The number of fused-ring (bicyclic) bond motifs is 3. The molecule has 14 heteroatoms. The highest BCUT2D eigenvalue weighted by atomic mass is 16.5. The first-order chi connectivity index (χ1) is 26.1. The highest BCUT2D eigenvalue weighted by Crippen LogP contribution is 2.44. The van der Waals surface area contributed by atoms with Crippen molar-refractivity contribution in [3.8, 4) is 16.9 Å². The Hall–Kier alpha value is -6.28. The molecule has 2 aromatic heterocycles. The molecule has 2 fully saturated rings. The van der Waals surface area contributed by atoms with Crippen LogP contribution in [0.5, 0.6) is 5.75 Å². The molecule has 278 valence electrons. The predicted octanol–water partition coefficient (Wildman–Crippen LogP) is 5.08. The van der Waals surface area contributed by atoms with Crippen molar-refractivity contribution in [2.24, 2.45) is 0 Å². The summed E-state index contributed by atoms with van der Waals surface area (Å²) in [6, 6.07) is 16.9. The molecule has 3 aliphatic heterocycles. The highest BCUT2D eigenvalue weighted by Gasteiger charge is 2.31. The zero-order chi connectivity index (χ0) is 37.8. The molecule has 4 aromatic rings. The third kappa shape index (κ3) is 8.18. The number of carbonyl (C=O) groups excluding carboxylic acids is 4. The van der Waals surface area contributed by atoms with Crippen LogP contribution in [-0.4, -0.2) is 90.3 Å². The van der Waals surface area contributed by atoms with Gasteiger partial charge in [0.25, 0.3) is 0 Å². The van der Waals surface area contributed by atoms with Gasteiger partial charge < -0.3 is 35.4 Å². The third-order valence-electron chi connectivity index (χ3n) is 9.47. The molecule has 0 spiro atoms. The van der Waals surface area contributed by atoms with Gasteiger partial charge in [0.2, 0.25) is 17.7 Å². The van der Waals surface area contributed by atoms with Crippen LogP contribution in [0.25, 0.3) is 11.1 Å². The second-order valence-corrected chi connectivity index (χ2v) is 13.8. The van der Waals surface area contributed by atoms with Crippen molar-refractivity contribution in [2.45, 2.75) is 32.4 Å². The number of carbonyl (C=O) groups is 4. The van der Waals surface area contributed by atoms with E-state index >= 15 is 0 Å². The fourth-order valence-corrected chi connectivity index (χ4v) is 6.81. The summed E-state index contributed by atoms with van der Waals surface area (Å²) in [6.07, 6.45) is 9.52. The summed E-state index contributed by atoms with van der Waals surface area (Å²) in [5, 5.41) is 8.73. The van der Waals surface area contributed by atoms with Crippen molar-refractivity contribution < 1.29 is 23.9 Å². The van der Waals surface area contributed by atoms with Gasteiger partial charge in [0.15, 0.2) is 0 Å². The van der Waals surface area contributed by atoms with E-state index in [1.165, 1.54) is 6.08 Å². The monoisotopic (exact) mass is 729 g/mol. The molecular weight excluding hydrogens is 686 g/mol. The first kappa shape index (κ1) is 36.1. The van der Waals surface area contributed by atoms with Crippen LogP contribution in [0.3, 0.4) is 0 Å². The quantitative estimate of drug-likeness (QED) is 0.170. The molecule has 5 heterocycles. The Morgan fingerprint density at radius 2 is 1.81 bits per heavy atom. The van der Waals surface area contributed by atoms with Gasteiger partial charge in [-0.3, -0.25) is 24.3 Å². The molecule has 5 amide bonds. The highest BCUT2D eigenvalue weighted by molar-refractivity contribution is 5.97. The van der Waals surface area contributed by atoms with Gasteiger partial charge >= 0.3 is 6.03 Å². The average Bonchev–Trinajstić information content (AvgIpc) is 3.75. The van der Waals surface area contributed by atoms with E-state index in [0.717, 1.165) is 46.7 Å². The van der Waals surface area contributed by atoms with E-state index in [-0.39, 0.29) is 36.4 Å². The molecule has 14 nitrogen and oxygen atoms in total. The summed E-state index contributed by atoms with van der Waals surface area (Å²) in [4.78, 5) is 66.6. The Labute approximate surface area is 313 Å². The number of pyridine rings is 2. The molecule has 0 radical (unpaired) electrons. The van der Waals surface area contributed by atoms with Crippen LogP contribution in [0.2, 0.25) is 0 Å². The molecule has 0 aliphatic carbocycles. The van der Waals surface area contributed by atoms with Crippen molar-refractivity contribution in [3.05, 3.63) is 96.5 Å². The molecule has 7 rings (SSSR count). The molecule has 0 unspecified atom stereocenters. The summed E-state index contributed by atoms with van der Waals surface area (Å²) in [5.41, 5.74) is 6.51. The van der Waals surface area contributed by atoms with Crippen molar-refractivity contribution in [2.75, 3.05) is 67.3 Å². The van der Waals surface area contributed by atoms with Gasteiger partial charge in [0.1, 0.15) is 17.7 Å². The maximum Gasteiger partial charge on any atom is 0.324 e. The number of ether oxygens (including phenoxy) is 1. The number of urea groups is 1. The second-order valence-electron chi connectivity index (χ2n) is 13.8. The van der Waals surface area contributed by atoms with E-state index in [1.54, 1.807) is 34.3 Å². The predicted molar refractivity (Wildman–Crippen MR) is 207 cm³/mol. The molecule has 3 aliphatic rings. The zero-order valence-corrected chi connectivity index (χ0v) is 30.5. The van der Waals surface area contributed by atoms with E-state index in [0.29, 0.717) is 55.5 Å². The minimum atomic E-state index is -0.351. The second kappa shape index (κ2) is 15.8. The molecular formula is C40H43N9O5. The third-order valence-corrected chi connectivity index (χ3v) is 9.47. The summed E-state index contributed by atoms with van der Waals surface area (Å²) >= 11 is 0. The molecule has 54 heavy (non-hydrogen) atoms. The summed E-state index contributed by atoms with van der Waals surface area (Å²) in [6.45, 7) is 4.54. The number of rotatable bonds is 12. The van der Waals surface area contributed by atoms with Crippen LogP contribution in [0.15, 0.2) is 85.3 Å². The van der Waals surface area contributed by atoms with E-state index < -0.39 is 0 Å². The van der Waals surface area contributed by atoms with Gasteiger partial charge in [-0.1, -0.05) is 18.2 Å². The smallest absolute Gasteiger partial charge is 0.324 e.